The molecule has 1 N–H and O–H groups in total. The van der Waals surface area contributed by atoms with Gasteiger partial charge in [-0.1, -0.05) is 0 Å². The van der Waals surface area contributed by atoms with Gasteiger partial charge in [0.1, 0.15) is 12.2 Å². The summed E-state index contributed by atoms with van der Waals surface area (Å²) in [6.07, 6.45) is 2.39. The van der Waals surface area contributed by atoms with Gasteiger partial charge in [0.15, 0.2) is 0 Å². The molecule has 0 atom stereocenters. The first-order valence-electron chi connectivity index (χ1n) is 5.79. The highest BCUT2D eigenvalue weighted by atomic mass is 15.4. The topological polar surface area (TPSA) is 59.4 Å². The maximum atomic E-state index is 4.35. The number of nitrogens with zero attached hydrogens (tertiary/aromatic N) is 4. The normalized spacial score (nSPS) is 12.1. The van der Waals surface area contributed by atoms with Crippen LogP contribution in [-0.4, -0.2) is 25.0 Å². The Morgan fingerprint density at radius 1 is 1.29 bits per heavy atom. The average Bonchev–Trinajstić information content (AvgIpc) is 2.79. The minimum Gasteiger partial charge on any atom is -0.282 e. The number of aromatic nitrogens is 5. The molecule has 0 saturated carbocycles. The Morgan fingerprint density at radius 2 is 2.00 bits per heavy atom. The Bertz CT molecular complexity index is 496. The van der Waals surface area contributed by atoms with Crippen molar-refractivity contribution in [3.8, 4) is 0 Å². The number of aromatic amines is 1. The second-order valence-electron chi connectivity index (χ2n) is 5.35. The van der Waals surface area contributed by atoms with E-state index in [2.05, 4.69) is 41.1 Å². The number of aryl methyl sites for hydroxylation is 2. The molecule has 2 aromatic heterocycles. The van der Waals surface area contributed by atoms with Crippen LogP contribution in [0.1, 0.15) is 43.5 Å². The van der Waals surface area contributed by atoms with Crippen molar-refractivity contribution in [3.05, 3.63) is 29.1 Å². The third-order valence-electron chi connectivity index (χ3n) is 2.87. The van der Waals surface area contributed by atoms with Crippen LogP contribution < -0.4 is 0 Å². The molecule has 0 saturated heterocycles. The molecule has 92 valence electrons. The van der Waals surface area contributed by atoms with Crippen LogP contribution in [0.5, 0.6) is 0 Å². The Labute approximate surface area is 101 Å². The molecule has 0 unspecified atom stereocenters. The summed E-state index contributed by atoms with van der Waals surface area (Å²) in [7, 11) is 0. The van der Waals surface area contributed by atoms with Gasteiger partial charge in [-0.3, -0.25) is 5.10 Å². The zero-order chi connectivity index (χ0) is 12.6. The van der Waals surface area contributed by atoms with Crippen LogP contribution in [0.25, 0.3) is 0 Å². The molecule has 0 aromatic carbocycles. The van der Waals surface area contributed by atoms with Crippen molar-refractivity contribution in [1.82, 2.24) is 25.0 Å². The zero-order valence-corrected chi connectivity index (χ0v) is 11.1. The third-order valence-corrected chi connectivity index (χ3v) is 2.87. The lowest BCUT2D eigenvalue weighted by atomic mass is 10.1. The molecule has 0 spiro atoms. The molecule has 0 amide bonds. The maximum absolute atomic E-state index is 4.35. The van der Waals surface area contributed by atoms with Gasteiger partial charge in [-0.05, 0) is 34.6 Å². The fourth-order valence-corrected chi connectivity index (χ4v) is 1.94. The van der Waals surface area contributed by atoms with Gasteiger partial charge in [-0.25, -0.2) is 9.67 Å². The Kier molecular flexibility index (Phi) is 2.77. The van der Waals surface area contributed by atoms with E-state index in [-0.39, 0.29) is 5.54 Å². The predicted octanol–water partition coefficient (Wildman–Crippen LogP) is 1.96. The highest BCUT2D eigenvalue weighted by Gasteiger charge is 2.20. The Balaban J connectivity index is 2.35. The maximum Gasteiger partial charge on any atom is 0.138 e. The van der Waals surface area contributed by atoms with Crippen molar-refractivity contribution < 1.29 is 0 Å². The largest absolute Gasteiger partial charge is 0.282 e. The van der Waals surface area contributed by atoms with E-state index in [9.17, 15) is 0 Å². The quantitative estimate of drug-likeness (QED) is 0.862. The summed E-state index contributed by atoms with van der Waals surface area (Å²) >= 11 is 0. The van der Waals surface area contributed by atoms with Crippen LogP contribution in [0, 0.1) is 13.8 Å². The summed E-state index contributed by atoms with van der Waals surface area (Å²) < 4.78 is 1.97. The van der Waals surface area contributed by atoms with Gasteiger partial charge in [0.05, 0.1) is 11.2 Å². The third kappa shape index (κ3) is 2.23. The first-order valence-corrected chi connectivity index (χ1v) is 5.79. The lowest BCUT2D eigenvalue weighted by molar-refractivity contribution is 0.343. The molecule has 0 fully saturated rings. The molecule has 0 radical (unpaired) electrons. The summed E-state index contributed by atoms with van der Waals surface area (Å²) in [6, 6.07) is 0. The average molecular weight is 233 g/mol. The van der Waals surface area contributed by atoms with E-state index < -0.39 is 0 Å². The monoisotopic (exact) mass is 233 g/mol. The van der Waals surface area contributed by atoms with Gasteiger partial charge in [-0.2, -0.15) is 10.2 Å². The van der Waals surface area contributed by atoms with Crippen molar-refractivity contribution in [2.75, 3.05) is 0 Å². The van der Waals surface area contributed by atoms with E-state index in [1.807, 2.05) is 18.5 Å². The van der Waals surface area contributed by atoms with Crippen molar-refractivity contribution in [3.63, 3.8) is 0 Å². The second-order valence-corrected chi connectivity index (χ2v) is 5.35. The number of hydrogen-bond donors (Lipinski definition) is 1. The minimum atomic E-state index is -0.0443. The van der Waals surface area contributed by atoms with Gasteiger partial charge >= 0.3 is 0 Å². The summed E-state index contributed by atoms with van der Waals surface area (Å²) in [5.74, 6) is 0.977. The molecule has 5 heteroatoms. The highest BCUT2D eigenvalue weighted by molar-refractivity contribution is 5.26. The van der Waals surface area contributed by atoms with Crippen LogP contribution in [-0.2, 0) is 12.0 Å². The zero-order valence-electron chi connectivity index (χ0n) is 11.1. The van der Waals surface area contributed by atoms with Gasteiger partial charge in [0.2, 0.25) is 0 Å². The van der Waals surface area contributed by atoms with E-state index >= 15 is 0 Å². The Morgan fingerprint density at radius 3 is 2.53 bits per heavy atom. The standard InChI is InChI=1S/C12H19N5/c1-8-10(9(2)16-15-8)6-11-13-7-14-17(11)12(3,4)5/h7H,6H2,1-5H3,(H,15,16). The van der Waals surface area contributed by atoms with Gasteiger partial charge in [-0.15, -0.1) is 0 Å². The number of H-pyrrole nitrogens is 1. The SMILES string of the molecule is Cc1n[nH]c(C)c1Cc1ncnn1C(C)(C)C. The van der Waals surface area contributed by atoms with E-state index in [0.717, 1.165) is 23.6 Å². The number of rotatable bonds is 2. The van der Waals surface area contributed by atoms with Gasteiger partial charge < -0.3 is 0 Å². The molecule has 2 aromatic rings. The lowest BCUT2D eigenvalue weighted by Crippen LogP contribution is -2.25. The van der Waals surface area contributed by atoms with Crippen LogP contribution in [0.2, 0.25) is 0 Å². The summed E-state index contributed by atoms with van der Waals surface area (Å²) in [5, 5.41) is 11.5. The van der Waals surface area contributed by atoms with Crippen molar-refractivity contribution in [1.29, 1.82) is 0 Å². The molecular formula is C12H19N5. The molecule has 2 heterocycles. The Hall–Kier alpha value is -1.65. The van der Waals surface area contributed by atoms with Crippen LogP contribution >= 0.6 is 0 Å². The summed E-state index contributed by atoms with van der Waals surface area (Å²) in [4.78, 5) is 4.35. The van der Waals surface area contributed by atoms with E-state index in [1.54, 1.807) is 6.33 Å². The first-order chi connectivity index (χ1) is 7.89. The second kappa shape index (κ2) is 3.98. The van der Waals surface area contributed by atoms with E-state index in [0.29, 0.717) is 0 Å². The van der Waals surface area contributed by atoms with Crippen molar-refractivity contribution in [2.24, 2.45) is 0 Å². The van der Waals surface area contributed by atoms with E-state index in [4.69, 9.17) is 0 Å². The molecule has 2 rings (SSSR count). The predicted molar refractivity (Wildman–Crippen MR) is 65.9 cm³/mol. The number of hydrogen-bond acceptors (Lipinski definition) is 3. The lowest BCUT2D eigenvalue weighted by Gasteiger charge is -2.21. The fourth-order valence-electron chi connectivity index (χ4n) is 1.94. The first kappa shape index (κ1) is 11.8. The fraction of sp³-hybridized carbons (Fsp3) is 0.583. The molecule has 0 aliphatic carbocycles. The smallest absolute Gasteiger partial charge is 0.138 e. The van der Waals surface area contributed by atoms with Crippen LogP contribution in [0.15, 0.2) is 6.33 Å². The molecule has 0 aliphatic rings. The molecular weight excluding hydrogens is 214 g/mol. The molecule has 0 bridgehead atoms. The molecule has 17 heavy (non-hydrogen) atoms. The molecule has 0 aliphatic heterocycles. The summed E-state index contributed by atoms with van der Waals surface area (Å²) in [5.41, 5.74) is 3.30. The van der Waals surface area contributed by atoms with Gasteiger partial charge in [0, 0.05) is 17.7 Å². The van der Waals surface area contributed by atoms with Crippen LogP contribution in [0.4, 0.5) is 0 Å². The van der Waals surface area contributed by atoms with Crippen LogP contribution in [0.3, 0.4) is 0 Å². The van der Waals surface area contributed by atoms with Gasteiger partial charge in [0.25, 0.3) is 0 Å². The molecule has 5 nitrogen and oxygen atoms in total. The van der Waals surface area contributed by atoms with Crippen molar-refractivity contribution in [2.45, 2.75) is 46.6 Å². The van der Waals surface area contributed by atoms with E-state index in [1.165, 1.54) is 5.56 Å². The summed E-state index contributed by atoms with van der Waals surface area (Å²) in [6.45, 7) is 10.4. The van der Waals surface area contributed by atoms with Crippen molar-refractivity contribution >= 4 is 0 Å². The highest BCUT2D eigenvalue weighted by Crippen LogP contribution is 2.18. The minimum absolute atomic E-state index is 0.0443. The number of nitrogens with one attached hydrogen (secondary N) is 1.